The molecule has 0 aliphatic heterocycles. The summed E-state index contributed by atoms with van der Waals surface area (Å²) in [5.41, 5.74) is 7.24. The molecule has 0 fully saturated rings. The Morgan fingerprint density at radius 1 is 1.39 bits per heavy atom. The topological polar surface area (TPSA) is 55.1 Å². The number of thiocarbonyl (C=S) groups is 1. The lowest BCUT2D eigenvalue weighted by atomic mass is 9.92. The number of hydrogen-bond acceptors (Lipinski definition) is 2. The van der Waals surface area contributed by atoms with Gasteiger partial charge in [0.25, 0.3) is 0 Å². The second-order valence-electron chi connectivity index (χ2n) is 4.92. The fraction of sp³-hybridized carbons (Fsp3) is 0.429. The minimum atomic E-state index is -0.791. The number of amides is 1. The number of carbonyl (C=O) groups excluding carboxylic acids is 1. The molecular weight excluding hydrogens is 244 g/mol. The van der Waals surface area contributed by atoms with Crippen molar-refractivity contribution in [2.45, 2.75) is 27.2 Å². The van der Waals surface area contributed by atoms with Crippen molar-refractivity contribution in [3.05, 3.63) is 35.4 Å². The Balaban J connectivity index is 2.51. The highest BCUT2D eigenvalue weighted by Gasteiger charge is 2.30. The summed E-state index contributed by atoms with van der Waals surface area (Å²) in [7, 11) is 0. The van der Waals surface area contributed by atoms with Crippen LogP contribution in [0.25, 0.3) is 0 Å². The van der Waals surface area contributed by atoms with Gasteiger partial charge in [0.05, 0.1) is 10.4 Å². The van der Waals surface area contributed by atoms with Gasteiger partial charge in [-0.1, -0.05) is 36.5 Å². The lowest BCUT2D eigenvalue weighted by Crippen LogP contribution is -2.45. The Morgan fingerprint density at radius 2 is 2.00 bits per heavy atom. The average Bonchev–Trinajstić information content (AvgIpc) is 2.31. The lowest BCUT2D eigenvalue weighted by molar-refractivity contribution is -0.126. The molecule has 0 saturated heterocycles. The fourth-order valence-electron chi connectivity index (χ4n) is 1.53. The number of nitrogens with one attached hydrogen (secondary N) is 1. The van der Waals surface area contributed by atoms with Gasteiger partial charge in [0, 0.05) is 6.54 Å². The maximum atomic E-state index is 11.9. The van der Waals surface area contributed by atoms with E-state index in [9.17, 15) is 4.79 Å². The fourth-order valence-corrected chi connectivity index (χ4v) is 1.63. The first kappa shape index (κ1) is 14.6. The van der Waals surface area contributed by atoms with Crippen LogP contribution in [-0.2, 0) is 11.2 Å². The maximum Gasteiger partial charge on any atom is 0.232 e. The van der Waals surface area contributed by atoms with Crippen LogP contribution in [0.3, 0.4) is 0 Å². The molecule has 1 amide bonds. The predicted molar refractivity (Wildman–Crippen MR) is 78.5 cm³/mol. The van der Waals surface area contributed by atoms with Crippen molar-refractivity contribution in [3.63, 3.8) is 0 Å². The third-order valence-corrected chi connectivity index (χ3v) is 3.64. The van der Waals surface area contributed by atoms with Gasteiger partial charge in [0.2, 0.25) is 5.91 Å². The summed E-state index contributed by atoms with van der Waals surface area (Å²) in [5.74, 6) is -0.122. The van der Waals surface area contributed by atoms with E-state index in [4.69, 9.17) is 18.0 Å². The van der Waals surface area contributed by atoms with Crippen molar-refractivity contribution >= 4 is 23.1 Å². The van der Waals surface area contributed by atoms with Crippen LogP contribution in [0.5, 0.6) is 0 Å². The molecular formula is C14H20N2OS. The average molecular weight is 264 g/mol. The Morgan fingerprint density at radius 3 is 2.56 bits per heavy atom. The van der Waals surface area contributed by atoms with Crippen LogP contribution in [-0.4, -0.2) is 17.4 Å². The van der Waals surface area contributed by atoms with E-state index in [2.05, 4.69) is 24.4 Å². The summed E-state index contributed by atoms with van der Waals surface area (Å²) >= 11 is 4.89. The van der Waals surface area contributed by atoms with E-state index < -0.39 is 5.41 Å². The Hall–Kier alpha value is -1.42. The molecule has 4 heteroatoms. The third kappa shape index (κ3) is 3.53. The number of rotatable bonds is 5. The summed E-state index contributed by atoms with van der Waals surface area (Å²) in [4.78, 5) is 12.1. The summed E-state index contributed by atoms with van der Waals surface area (Å²) < 4.78 is 0. The van der Waals surface area contributed by atoms with Crippen LogP contribution in [0.1, 0.15) is 25.0 Å². The molecule has 3 nitrogen and oxygen atoms in total. The van der Waals surface area contributed by atoms with E-state index in [-0.39, 0.29) is 10.9 Å². The van der Waals surface area contributed by atoms with Crippen LogP contribution in [0, 0.1) is 12.3 Å². The van der Waals surface area contributed by atoms with Crippen LogP contribution >= 0.6 is 12.2 Å². The van der Waals surface area contributed by atoms with Crippen molar-refractivity contribution in [2.24, 2.45) is 11.1 Å². The van der Waals surface area contributed by atoms with Gasteiger partial charge in [0.1, 0.15) is 0 Å². The minimum Gasteiger partial charge on any atom is -0.392 e. The van der Waals surface area contributed by atoms with Crippen molar-refractivity contribution in [1.29, 1.82) is 0 Å². The molecule has 1 rings (SSSR count). The zero-order chi connectivity index (χ0) is 13.8. The van der Waals surface area contributed by atoms with E-state index in [1.807, 2.05) is 12.1 Å². The summed E-state index contributed by atoms with van der Waals surface area (Å²) in [6.07, 6.45) is 0.811. The molecule has 0 spiro atoms. The highest BCUT2D eigenvalue weighted by atomic mass is 32.1. The van der Waals surface area contributed by atoms with Gasteiger partial charge in [-0.05, 0) is 38.3 Å². The second-order valence-corrected chi connectivity index (χ2v) is 5.36. The van der Waals surface area contributed by atoms with Gasteiger partial charge >= 0.3 is 0 Å². The molecule has 0 unspecified atom stereocenters. The molecule has 0 saturated carbocycles. The van der Waals surface area contributed by atoms with E-state index in [0.717, 1.165) is 6.42 Å². The first-order valence-electron chi connectivity index (χ1n) is 5.98. The molecule has 98 valence electrons. The van der Waals surface area contributed by atoms with Gasteiger partial charge in [-0.2, -0.15) is 0 Å². The smallest absolute Gasteiger partial charge is 0.232 e. The van der Waals surface area contributed by atoms with Crippen LogP contribution < -0.4 is 11.1 Å². The van der Waals surface area contributed by atoms with Crippen molar-refractivity contribution in [2.75, 3.05) is 6.54 Å². The molecule has 0 atom stereocenters. The van der Waals surface area contributed by atoms with Crippen molar-refractivity contribution in [1.82, 2.24) is 5.32 Å². The molecule has 1 aromatic rings. The summed E-state index contributed by atoms with van der Waals surface area (Å²) in [6, 6.07) is 8.15. The molecule has 0 radical (unpaired) electrons. The normalized spacial score (nSPS) is 11.1. The molecule has 18 heavy (non-hydrogen) atoms. The highest BCUT2D eigenvalue weighted by molar-refractivity contribution is 7.80. The number of hydrogen-bond donors (Lipinski definition) is 2. The maximum absolute atomic E-state index is 11.9. The van der Waals surface area contributed by atoms with Gasteiger partial charge in [-0.3, -0.25) is 4.79 Å². The minimum absolute atomic E-state index is 0.122. The van der Waals surface area contributed by atoms with E-state index >= 15 is 0 Å². The molecule has 1 aromatic carbocycles. The Bertz CT molecular complexity index is 455. The largest absolute Gasteiger partial charge is 0.392 e. The third-order valence-electron chi connectivity index (χ3n) is 3.12. The summed E-state index contributed by atoms with van der Waals surface area (Å²) in [6.45, 7) is 6.13. The number of nitrogens with two attached hydrogens (primary N) is 1. The molecule has 0 aliphatic carbocycles. The zero-order valence-corrected chi connectivity index (χ0v) is 11.9. The lowest BCUT2D eigenvalue weighted by Gasteiger charge is -2.22. The quantitative estimate of drug-likeness (QED) is 0.799. The van der Waals surface area contributed by atoms with E-state index in [0.29, 0.717) is 6.54 Å². The van der Waals surface area contributed by atoms with E-state index in [1.165, 1.54) is 11.1 Å². The Kier molecular flexibility index (Phi) is 4.84. The monoisotopic (exact) mass is 264 g/mol. The van der Waals surface area contributed by atoms with Gasteiger partial charge in [0.15, 0.2) is 0 Å². The van der Waals surface area contributed by atoms with Crippen LogP contribution in [0.2, 0.25) is 0 Å². The van der Waals surface area contributed by atoms with Gasteiger partial charge in [-0.15, -0.1) is 0 Å². The number of carbonyl (C=O) groups is 1. The Labute approximate surface area is 114 Å². The first-order chi connectivity index (χ1) is 8.35. The number of benzene rings is 1. The highest BCUT2D eigenvalue weighted by Crippen LogP contribution is 2.15. The molecule has 0 bridgehead atoms. The van der Waals surface area contributed by atoms with Crippen LogP contribution in [0.4, 0.5) is 0 Å². The molecule has 3 N–H and O–H groups in total. The standard InChI is InChI=1S/C14H20N2OS/c1-10-6-4-5-7-11(10)8-9-16-13(17)14(2,3)12(15)18/h4-7H,8-9H2,1-3H3,(H2,15,18)(H,16,17). The van der Waals surface area contributed by atoms with E-state index in [1.54, 1.807) is 13.8 Å². The molecule has 0 heterocycles. The van der Waals surface area contributed by atoms with Gasteiger partial charge in [-0.25, -0.2) is 0 Å². The molecule has 0 aromatic heterocycles. The number of aryl methyl sites for hydroxylation is 1. The zero-order valence-electron chi connectivity index (χ0n) is 11.1. The first-order valence-corrected chi connectivity index (χ1v) is 6.39. The SMILES string of the molecule is Cc1ccccc1CCNC(=O)C(C)(C)C(N)=S. The predicted octanol–water partition coefficient (Wildman–Crippen LogP) is 1.97. The van der Waals surface area contributed by atoms with Crippen LogP contribution in [0.15, 0.2) is 24.3 Å². The van der Waals surface area contributed by atoms with Crippen molar-refractivity contribution < 1.29 is 4.79 Å². The summed E-state index contributed by atoms with van der Waals surface area (Å²) in [5, 5.41) is 2.87. The second kappa shape index (κ2) is 5.96. The van der Waals surface area contributed by atoms with Crippen molar-refractivity contribution in [3.8, 4) is 0 Å². The van der Waals surface area contributed by atoms with Gasteiger partial charge < -0.3 is 11.1 Å². The molecule has 0 aliphatic rings.